The molecule has 1 aliphatic rings. The van der Waals surface area contributed by atoms with E-state index in [1.54, 1.807) is 30.9 Å². The molecular formula is C14H16ClFN2O2. The summed E-state index contributed by atoms with van der Waals surface area (Å²) in [7, 11) is 0. The maximum Gasteiger partial charge on any atom is 0.252 e. The Morgan fingerprint density at radius 3 is 2.45 bits per heavy atom. The van der Waals surface area contributed by atoms with Gasteiger partial charge in [0.05, 0.1) is 0 Å². The van der Waals surface area contributed by atoms with Gasteiger partial charge in [-0.25, -0.2) is 4.39 Å². The molecule has 4 nitrogen and oxygen atoms in total. The largest absolute Gasteiger partial charge is 0.326 e. The fourth-order valence-electron chi connectivity index (χ4n) is 2.40. The minimum Gasteiger partial charge on any atom is -0.326 e. The van der Waals surface area contributed by atoms with Crippen LogP contribution < -0.4 is 4.90 Å². The van der Waals surface area contributed by atoms with Crippen LogP contribution in [0.5, 0.6) is 0 Å². The van der Waals surface area contributed by atoms with E-state index in [9.17, 15) is 14.0 Å². The Kier molecular flexibility index (Phi) is 3.99. The first-order valence-electron chi connectivity index (χ1n) is 6.32. The minimum atomic E-state index is -0.960. The second kappa shape index (κ2) is 5.40. The molecule has 2 amide bonds. The molecule has 0 aliphatic carbocycles. The highest BCUT2D eigenvalue weighted by Crippen LogP contribution is 2.27. The second-order valence-corrected chi connectivity index (χ2v) is 5.44. The highest BCUT2D eigenvalue weighted by molar-refractivity contribution is 6.27. The third kappa shape index (κ3) is 2.50. The maximum absolute atomic E-state index is 12.9. The third-order valence-corrected chi connectivity index (χ3v) is 3.77. The summed E-state index contributed by atoms with van der Waals surface area (Å²) in [5.74, 6) is -0.957. The van der Waals surface area contributed by atoms with Gasteiger partial charge in [0.1, 0.15) is 17.2 Å². The summed E-state index contributed by atoms with van der Waals surface area (Å²) in [5, 5.41) is 0. The molecule has 0 atom stereocenters. The van der Waals surface area contributed by atoms with Crippen LogP contribution in [0.25, 0.3) is 0 Å². The lowest BCUT2D eigenvalue weighted by molar-refractivity contribution is -0.145. The van der Waals surface area contributed by atoms with Gasteiger partial charge < -0.3 is 9.80 Å². The summed E-state index contributed by atoms with van der Waals surface area (Å²) < 4.78 is 12.9. The van der Waals surface area contributed by atoms with Crippen molar-refractivity contribution in [1.82, 2.24) is 4.90 Å². The molecule has 1 aromatic carbocycles. The van der Waals surface area contributed by atoms with Crippen LogP contribution in [0.15, 0.2) is 24.3 Å². The van der Waals surface area contributed by atoms with Gasteiger partial charge >= 0.3 is 0 Å². The molecule has 0 unspecified atom stereocenters. The molecule has 2 rings (SSSR count). The minimum absolute atomic E-state index is 0.146. The molecule has 0 spiro atoms. The molecular weight excluding hydrogens is 283 g/mol. The summed E-state index contributed by atoms with van der Waals surface area (Å²) in [4.78, 5) is 27.4. The highest BCUT2D eigenvalue weighted by Gasteiger charge is 2.44. The van der Waals surface area contributed by atoms with Gasteiger partial charge in [0.2, 0.25) is 5.91 Å². The first kappa shape index (κ1) is 14.8. The van der Waals surface area contributed by atoms with Gasteiger partial charge in [0, 0.05) is 18.8 Å². The smallest absolute Gasteiger partial charge is 0.252 e. The number of rotatable bonds is 2. The van der Waals surface area contributed by atoms with Gasteiger partial charge in [-0.1, -0.05) is 0 Å². The average Bonchev–Trinajstić information content (AvgIpc) is 2.42. The quantitative estimate of drug-likeness (QED) is 0.784. The molecule has 6 heteroatoms. The number of benzene rings is 1. The fourth-order valence-corrected chi connectivity index (χ4v) is 2.55. The van der Waals surface area contributed by atoms with Crippen molar-refractivity contribution in [3.63, 3.8) is 0 Å². The molecule has 1 fully saturated rings. The lowest BCUT2D eigenvalue weighted by Crippen LogP contribution is -2.65. The summed E-state index contributed by atoms with van der Waals surface area (Å²) in [6, 6.07) is 5.74. The Balaban J connectivity index is 2.27. The van der Waals surface area contributed by atoms with Crippen LogP contribution in [-0.2, 0) is 9.59 Å². The van der Waals surface area contributed by atoms with E-state index < -0.39 is 5.54 Å². The molecule has 20 heavy (non-hydrogen) atoms. The number of piperazine rings is 1. The molecule has 108 valence electrons. The number of alkyl halides is 1. The molecule has 1 aromatic rings. The van der Waals surface area contributed by atoms with E-state index in [0.29, 0.717) is 18.8 Å². The molecule has 0 saturated carbocycles. The number of hydrogen-bond acceptors (Lipinski definition) is 2. The van der Waals surface area contributed by atoms with Crippen molar-refractivity contribution in [2.75, 3.05) is 23.9 Å². The SMILES string of the molecule is CC1(C)C(=O)N(c2ccc(F)cc2)CCN1C(=O)CCl. The fraction of sp³-hybridized carbons (Fsp3) is 0.429. The predicted octanol–water partition coefficient (Wildman–Crippen LogP) is 2.02. The normalized spacial score (nSPS) is 18.3. The predicted molar refractivity (Wildman–Crippen MR) is 75.3 cm³/mol. The van der Waals surface area contributed by atoms with Crippen LogP contribution in [-0.4, -0.2) is 41.2 Å². The zero-order chi connectivity index (χ0) is 14.9. The standard InChI is InChI=1S/C14H16ClFN2O2/c1-14(2)13(20)17(7-8-18(14)12(19)9-15)11-5-3-10(16)4-6-11/h3-6H,7-9H2,1-2H3. The van der Waals surface area contributed by atoms with Gasteiger partial charge in [-0.3, -0.25) is 9.59 Å². The molecule has 1 saturated heterocycles. The van der Waals surface area contributed by atoms with Gasteiger partial charge in [-0.05, 0) is 38.1 Å². The Bertz CT molecular complexity index is 530. The van der Waals surface area contributed by atoms with E-state index in [4.69, 9.17) is 11.6 Å². The van der Waals surface area contributed by atoms with E-state index in [0.717, 1.165) is 0 Å². The maximum atomic E-state index is 12.9. The van der Waals surface area contributed by atoms with Crippen molar-refractivity contribution in [1.29, 1.82) is 0 Å². The number of hydrogen-bond donors (Lipinski definition) is 0. The zero-order valence-electron chi connectivity index (χ0n) is 11.4. The Labute approximate surface area is 122 Å². The molecule has 0 aromatic heterocycles. The number of nitrogens with zero attached hydrogens (tertiary/aromatic N) is 2. The van der Waals surface area contributed by atoms with Crippen molar-refractivity contribution in [3.8, 4) is 0 Å². The van der Waals surface area contributed by atoms with Crippen LogP contribution in [0, 0.1) is 5.82 Å². The molecule has 1 heterocycles. The van der Waals surface area contributed by atoms with E-state index in [-0.39, 0.29) is 23.5 Å². The Morgan fingerprint density at radius 2 is 1.90 bits per heavy atom. The highest BCUT2D eigenvalue weighted by atomic mass is 35.5. The van der Waals surface area contributed by atoms with E-state index in [2.05, 4.69) is 0 Å². The Morgan fingerprint density at radius 1 is 1.30 bits per heavy atom. The lowest BCUT2D eigenvalue weighted by Gasteiger charge is -2.45. The second-order valence-electron chi connectivity index (χ2n) is 5.17. The van der Waals surface area contributed by atoms with Crippen LogP contribution in [0.4, 0.5) is 10.1 Å². The van der Waals surface area contributed by atoms with Crippen LogP contribution in [0.3, 0.4) is 0 Å². The topological polar surface area (TPSA) is 40.6 Å². The van der Waals surface area contributed by atoms with E-state index in [1.807, 2.05) is 0 Å². The summed E-state index contributed by atoms with van der Waals surface area (Å²) in [5.41, 5.74) is -0.332. The van der Waals surface area contributed by atoms with E-state index >= 15 is 0 Å². The third-order valence-electron chi connectivity index (χ3n) is 3.54. The molecule has 1 aliphatic heterocycles. The lowest BCUT2D eigenvalue weighted by atomic mass is 9.97. The molecule has 0 radical (unpaired) electrons. The van der Waals surface area contributed by atoms with Crippen LogP contribution in [0.2, 0.25) is 0 Å². The van der Waals surface area contributed by atoms with Crippen LogP contribution >= 0.6 is 11.6 Å². The van der Waals surface area contributed by atoms with Gasteiger partial charge in [0.25, 0.3) is 5.91 Å². The van der Waals surface area contributed by atoms with Gasteiger partial charge in [-0.2, -0.15) is 0 Å². The molecule has 0 bridgehead atoms. The zero-order valence-corrected chi connectivity index (χ0v) is 12.2. The van der Waals surface area contributed by atoms with Gasteiger partial charge in [0.15, 0.2) is 0 Å². The van der Waals surface area contributed by atoms with E-state index in [1.165, 1.54) is 17.0 Å². The van der Waals surface area contributed by atoms with Crippen LogP contribution in [0.1, 0.15) is 13.8 Å². The van der Waals surface area contributed by atoms with Gasteiger partial charge in [-0.15, -0.1) is 11.6 Å². The number of carbonyl (C=O) groups excluding carboxylic acids is 2. The molecule has 0 N–H and O–H groups in total. The van der Waals surface area contributed by atoms with Crippen molar-refractivity contribution in [2.45, 2.75) is 19.4 Å². The van der Waals surface area contributed by atoms with Crippen molar-refractivity contribution >= 4 is 29.1 Å². The number of carbonyl (C=O) groups is 2. The summed E-state index contributed by atoms with van der Waals surface area (Å²) in [6.07, 6.45) is 0. The van der Waals surface area contributed by atoms with Crippen molar-refractivity contribution in [2.24, 2.45) is 0 Å². The summed E-state index contributed by atoms with van der Waals surface area (Å²) >= 11 is 5.57. The first-order chi connectivity index (χ1) is 9.37. The number of halogens is 2. The number of amides is 2. The summed E-state index contributed by atoms with van der Waals surface area (Å²) in [6.45, 7) is 4.16. The van der Waals surface area contributed by atoms with Crippen molar-refractivity contribution < 1.29 is 14.0 Å². The average molecular weight is 299 g/mol. The monoisotopic (exact) mass is 298 g/mol. The number of anilines is 1. The van der Waals surface area contributed by atoms with Crippen molar-refractivity contribution in [3.05, 3.63) is 30.1 Å². The Hall–Kier alpha value is -1.62. The first-order valence-corrected chi connectivity index (χ1v) is 6.85.